The van der Waals surface area contributed by atoms with E-state index in [2.05, 4.69) is 10.1 Å². The molecule has 0 aliphatic carbocycles. The molecule has 0 spiro atoms. The molecule has 1 N–H and O–H groups in total. The van der Waals surface area contributed by atoms with Gasteiger partial charge in [0.25, 0.3) is 5.89 Å². The van der Waals surface area contributed by atoms with Crippen LogP contribution in [0.3, 0.4) is 0 Å². The highest BCUT2D eigenvalue weighted by Gasteiger charge is 2.11. The molecular weight excluding hydrogens is 391 g/mol. The molecule has 1 aromatic heterocycles. The molecule has 0 atom stereocenters. The first kappa shape index (κ1) is 13.4. The number of rotatable bonds is 2. The van der Waals surface area contributed by atoms with E-state index in [-0.39, 0.29) is 5.75 Å². The number of aromatic hydroxyl groups is 1. The number of hydrogen-bond acceptors (Lipinski definition) is 4. The molecule has 4 nitrogen and oxygen atoms in total. The predicted octanol–water partition coefficient (Wildman–Crippen LogP) is 4.37. The van der Waals surface area contributed by atoms with Crippen molar-refractivity contribution in [3.63, 3.8) is 0 Å². The van der Waals surface area contributed by atoms with E-state index >= 15 is 0 Å². The molecule has 0 fully saturated rings. The third-order valence-electron chi connectivity index (χ3n) is 2.72. The van der Waals surface area contributed by atoms with E-state index < -0.39 is 0 Å². The summed E-state index contributed by atoms with van der Waals surface area (Å²) in [5.41, 5.74) is 1.50. The van der Waals surface area contributed by atoms with Gasteiger partial charge in [-0.1, -0.05) is 16.8 Å². The molecule has 0 aliphatic rings. The van der Waals surface area contributed by atoms with Crippen LogP contribution in [0.1, 0.15) is 0 Å². The van der Waals surface area contributed by atoms with Crippen molar-refractivity contribution in [3.05, 3.63) is 51.1 Å². The molecule has 0 aliphatic heterocycles. The van der Waals surface area contributed by atoms with Crippen molar-refractivity contribution in [2.75, 3.05) is 0 Å². The molecule has 0 bridgehead atoms. The van der Waals surface area contributed by atoms with E-state index in [9.17, 15) is 5.11 Å². The normalized spacial score (nSPS) is 10.7. The summed E-state index contributed by atoms with van der Waals surface area (Å²) in [5.74, 6) is 1.03. The summed E-state index contributed by atoms with van der Waals surface area (Å²) in [6, 6.07) is 12.4. The van der Waals surface area contributed by atoms with E-state index in [4.69, 9.17) is 16.1 Å². The van der Waals surface area contributed by atoms with Crippen LogP contribution >= 0.6 is 34.2 Å². The SMILES string of the molecule is Oc1cc(-c2nc(-c3ccc(Cl)cc3)no2)ccc1I. The van der Waals surface area contributed by atoms with Gasteiger partial charge in [-0.3, -0.25) is 0 Å². The second kappa shape index (κ2) is 5.41. The topological polar surface area (TPSA) is 59.2 Å². The fourth-order valence-electron chi connectivity index (χ4n) is 1.70. The fraction of sp³-hybridized carbons (Fsp3) is 0. The molecule has 0 radical (unpaired) electrons. The highest BCUT2D eigenvalue weighted by molar-refractivity contribution is 14.1. The first-order valence-electron chi connectivity index (χ1n) is 5.72. The predicted molar refractivity (Wildman–Crippen MR) is 84.6 cm³/mol. The molecular formula is C14H8ClIN2O2. The van der Waals surface area contributed by atoms with Gasteiger partial charge in [0, 0.05) is 16.1 Å². The second-order valence-electron chi connectivity index (χ2n) is 4.10. The van der Waals surface area contributed by atoms with E-state index in [0.717, 1.165) is 9.13 Å². The van der Waals surface area contributed by atoms with Crippen LogP contribution in [0.4, 0.5) is 0 Å². The zero-order valence-electron chi connectivity index (χ0n) is 10.0. The number of phenolic OH excluding ortho intramolecular Hbond substituents is 1. The lowest BCUT2D eigenvalue weighted by Crippen LogP contribution is -1.82. The van der Waals surface area contributed by atoms with Crippen molar-refractivity contribution in [3.8, 4) is 28.6 Å². The minimum Gasteiger partial charge on any atom is -0.507 e. The number of phenols is 1. The van der Waals surface area contributed by atoms with Gasteiger partial charge in [-0.2, -0.15) is 4.98 Å². The van der Waals surface area contributed by atoms with Gasteiger partial charge in [0.2, 0.25) is 5.82 Å². The summed E-state index contributed by atoms with van der Waals surface area (Å²) in [6.07, 6.45) is 0. The summed E-state index contributed by atoms with van der Waals surface area (Å²) in [5, 5.41) is 14.3. The Kier molecular flexibility index (Phi) is 3.62. The Morgan fingerprint density at radius 2 is 1.75 bits per heavy atom. The molecule has 0 amide bonds. The molecule has 0 saturated heterocycles. The Bertz CT molecular complexity index is 756. The van der Waals surface area contributed by atoms with Crippen molar-refractivity contribution in [2.24, 2.45) is 0 Å². The van der Waals surface area contributed by atoms with Crippen LogP contribution in [0.25, 0.3) is 22.8 Å². The minimum absolute atomic E-state index is 0.189. The Labute approximate surface area is 133 Å². The lowest BCUT2D eigenvalue weighted by molar-refractivity contribution is 0.431. The largest absolute Gasteiger partial charge is 0.507 e. The lowest BCUT2D eigenvalue weighted by Gasteiger charge is -1.98. The molecule has 2 aromatic carbocycles. The Balaban J connectivity index is 1.97. The Hall–Kier alpha value is -1.60. The number of benzene rings is 2. The molecule has 0 saturated carbocycles. The van der Waals surface area contributed by atoms with E-state index in [1.54, 1.807) is 24.3 Å². The standard InChI is InChI=1S/C14H8ClIN2O2/c15-10-4-1-8(2-5-10)13-17-14(20-18-13)9-3-6-11(16)12(19)7-9/h1-7,19H. The number of halogens is 2. The minimum atomic E-state index is 0.189. The van der Waals surface area contributed by atoms with E-state index in [1.807, 2.05) is 40.8 Å². The quantitative estimate of drug-likeness (QED) is 0.651. The molecule has 0 unspecified atom stereocenters. The van der Waals surface area contributed by atoms with Crippen LogP contribution in [0.15, 0.2) is 47.0 Å². The summed E-state index contributed by atoms with van der Waals surface area (Å²) < 4.78 is 5.99. The molecule has 100 valence electrons. The van der Waals surface area contributed by atoms with Crippen molar-refractivity contribution in [2.45, 2.75) is 0 Å². The van der Waals surface area contributed by atoms with Crippen molar-refractivity contribution < 1.29 is 9.63 Å². The van der Waals surface area contributed by atoms with Gasteiger partial charge in [-0.25, -0.2) is 0 Å². The van der Waals surface area contributed by atoms with Crippen molar-refractivity contribution in [1.82, 2.24) is 10.1 Å². The van der Waals surface area contributed by atoms with Crippen LogP contribution < -0.4 is 0 Å². The molecule has 3 aromatic rings. The number of nitrogens with zero attached hydrogens (tertiary/aromatic N) is 2. The van der Waals surface area contributed by atoms with Gasteiger partial charge in [-0.15, -0.1) is 0 Å². The first-order chi connectivity index (χ1) is 9.63. The maximum absolute atomic E-state index is 9.70. The van der Waals surface area contributed by atoms with Gasteiger partial charge < -0.3 is 9.63 Å². The van der Waals surface area contributed by atoms with Gasteiger partial charge in [-0.05, 0) is 65.1 Å². The van der Waals surface area contributed by atoms with Gasteiger partial charge in [0.1, 0.15) is 5.75 Å². The van der Waals surface area contributed by atoms with E-state index in [0.29, 0.717) is 22.3 Å². The second-order valence-corrected chi connectivity index (χ2v) is 5.69. The zero-order valence-corrected chi connectivity index (χ0v) is 13.0. The van der Waals surface area contributed by atoms with Crippen molar-refractivity contribution in [1.29, 1.82) is 0 Å². The Morgan fingerprint density at radius 1 is 1.05 bits per heavy atom. The third kappa shape index (κ3) is 2.64. The van der Waals surface area contributed by atoms with Crippen LogP contribution in [0, 0.1) is 3.57 Å². The zero-order chi connectivity index (χ0) is 14.1. The third-order valence-corrected chi connectivity index (χ3v) is 3.89. The number of aromatic nitrogens is 2. The maximum Gasteiger partial charge on any atom is 0.258 e. The van der Waals surface area contributed by atoms with Crippen LogP contribution in [0.5, 0.6) is 5.75 Å². The average molecular weight is 399 g/mol. The van der Waals surface area contributed by atoms with Crippen molar-refractivity contribution >= 4 is 34.2 Å². The van der Waals surface area contributed by atoms with Crippen LogP contribution in [-0.2, 0) is 0 Å². The highest BCUT2D eigenvalue weighted by Crippen LogP contribution is 2.28. The molecule has 1 heterocycles. The summed E-state index contributed by atoms with van der Waals surface area (Å²) in [7, 11) is 0. The first-order valence-corrected chi connectivity index (χ1v) is 7.18. The van der Waals surface area contributed by atoms with E-state index in [1.165, 1.54) is 0 Å². The van der Waals surface area contributed by atoms with Crippen LogP contribution in [0.2, 0.25) is 5.02 Å². The Morgan fingerprint density at radius 3 is 2.45 bits per heavy atom. The van der Waals surface area contributed by atoms with Crippen LogP contribution in [-0.4, -0.2) is 15.2 Å². The smallest absolute Gasteiger partial charge is 0.258 e. The fourth-order valence-corrected chi connectivity index (χ4v) is 2.16. The summed E-state index contributed by atoms with van der Waals surface area (Å²) >= 11 is 7.89. The van der Waals surface area contributed by atoms with Gasteiger partial charge in [0.15, 0.2) is 0 Å². The highest BCUT2D eigenvalue weighted by atomic mass is 127. The summed E-state index contributed by atoms with van der Waals surface area (Å²) in [6.45, 7) is 0. The lowest BCUT2D eigenvalue weighted by atomic mass is 10.2. The summed E-state index contributed by atoms with van der Waals surface area (Å²) in [4.78, 5) is 4.32. The van der Waals surface area contributed by atoms with Gasteiger partial charge >= 0.3 is 0 Å². The monoisotopic (exact) mass is 398 g/mol. The average Bonchev–Trinajstić information content (AvgIpc) is 2.92. The van der Waals surface area contributed by atoms with Gasteiger partial charge in [0.05, 0.1) is 3.57 Å². The molecule has 3 rings (SSSR count). The maximum atomic E-state index is 9.70. The number of hydrogen-bond donors (Lipinski definition) is 1. The molecule has 20 heavy (non-hydrogen) atoms. The molecule has 6 heteroatoms.